The molecular formula is C9H9ClO3. The highest BCUT2D eigenvalue weighted by atomic mass is 35.5. The lowest BCUT2D eigenvalue weighted by molar-refractivity contribution is -0.0987. The van der Waals surface area contributed by atoms with Crippen LogP contribution in [0.4, 0.5) is 0 Å². The van der Waals surface area contributed by atoms with Gasteiger partial charge in [0.2, 0.25) is 0 Å². The highest BCUT2D eigenvalue weighted by molar-refractivity contribution is 6.30. The Morgan fingerprint density at radius 1 is 1.38 bits per heavy atom. The third-order valence-electron chi connectivity index (χ3n) is 1.84. The SMILES string of the molecule is CC1(CO)Oc2ccc(Cl)cc2O1. The maximum atomic E-state index is 8.98. The monoisotopic (exact) mass is 200 g/mol. The lowest BCUT2D eigenvalue weighted by Gasteiger charge is -2.19. The fourth-order valence-electron chi connectivity index (χ4n) is 1.20. The van der Waals surface area contributed by atoms with Crippen LogP contribution < -0.4 is 9.47 Å². The van der Waals surface area contributed by atoms with E-state index < -0.39 is 5.79 Å². The minimum absolute atomic E-state index is 0.195. The van der Waals surface area contributed by atoms with Gasteiger partial charge in [-0.1, -0.05) is 11.6 Å². The molecule has 1 aromatic rings. The molecule has 0 bridgehead atoms. The summed E-state index contributed by atoms with van der Waals surface area (Å²) < 4.78 is 10.7. The second-order valence-electron chi connectivity index (χ2n) is 3.09. The first-order chi connectivity index (χ1) is 6.13. The summed E-state index contributed by atoms with van der Waals surface area (Å²) in [6.45, 7) is 1.47. The Bertz CT molecular complexity index is 340. The van der Waals surface area contributed by atoms with E-state index in [0.29, 0.717) is 16.5 Å². The Morgan fingerprint density at radius 2 is 2.08 bits per heavy atom. The Balaban J connectivity index is 2.35. The molecule has 1 N–H and O–H groups in total. The summed E-state index contributed by atoms with van der Waals surface area (Å²) >= 11 is 5.76. The molecule has 2 rings (SSSR count). The van der Waals surface area contributed by atoms with Crippen LogP contribution in [0.1, 0.15) is 6.92 Å². The summed E-state index contributed by atoms with van der Waals surface area (Å²) in [5.74, 6) is 0.220. The Morgan fingerprint density at radius 3 is 2.77 bits per heavy atom. The second-order valence-corrected chi connectivity index (χ2v) is 3.52. The topological polar surface area (TPSA) is 38.7 Å². The summed E-state index contributed by atoms with van der Waals surface area (Å²) in [5, 5.41) is 9.57. The van der Waals surface area contributed by atoms with Gasteiger partial charge in [0.05, 0.1) is 0 Å². The molecule has 0 saturated carbocycles. The minimum atomic E-state index is -0.965. The Labute approximate surface area is 80.8 Å². The predicted octanol–water partition coefficient (Wildman–Crippen LogP) is 1.82. The molecule has 1 heterocycles. The van der Waals surface area contributed by atoms with Crippen LogP contribution in [-0.2, 0) is 0 Å². The number of aliphatic hydroxyl groups excluding tert-OH is 1. The van der Waals surface area contributed by atoms with Crippen molar-refractivity contribution in [1.29, 1.82) is 0 Å². The number of rotatable bonds is 1. The van der Waals surface area contributed by atoms with Gasteiger partial charge in [-0.2, -0.15) is 0 Å². The smallest absolute Gasteiger partial charge is 0.271 e. The molecule has 1 aliphatic heterocycles. The van der Waals surface area contributed by atoms with Crippen molar-refractivity contribution >= 4 is 11.6 Å². The molecule has 4 heteroatoms. The van der Waals surface area contributed by atoms with Gasteiger partial charge in [0.15, 0.2) is 11.5 Å². The summed E-state index contributed by atoms with van der Waals surface area (Å²) in [6.07, 6.45) is 0. The van der Waals surface area contributed by atoms with Crippen molar-refractivity contribution in [3.05, 3.63) is 23.2 Å². The molecule has 0 radical (unpaired) electrons. The highest BCUT2D eigenvalue weighted by Gasteiger charge is 2.35. The van der Waals surface area contributed by atoms with Gasteiger partial charge >= 0.3 is 0 Å². The van der Waals surface area contributed by atoms with Gasteiger partial charge in [0.25, 0.3) is 5.79 Å². The molecule has 70 valence electrons. The van der Waals surface area contributed by atoms with E-state index in [0.717, 1.165) is 0 Å². The van der Waals surface area contributed by atoms with E-state index in [2.05, 4.69) is 0 Å². The van der Waals surface area contributed by atoms with Crippen molar-refractivity contribution in [2.45, 2.75) is 12.7 Å². The number of benzene rings is 1. The van der Waals surface area contributed by atoms with Gasteiger partial charge < -0.3 is 14.6 Å². The third-order valence-corrected chi connectivity index (χ3v) is 2.08. The van der Waals surface area contributed by atoms with Crippen molar-refractivity contribution in [2.75, 3.05) is 6.61 Å². The van der Waals surface area contributed by atoms with Gasteiger partial charge in [-0.3, -0.25) is 0 Å². The lowest BCUT2D eigenvalue weighted by Crippen LogP contribution is -2.38. The molecular weight excluding hydrogens is 192 g/mol. The number of ether oxygens (including phenoxy) is 2. The van der Waals surface area contributed by atoms with Crippen LogP contribution in [0.5, 0.6) is 11.5 Å². The van der Waals surface area contributed by atoms with E-state index in [1.165, 1.54) is 0 Å². The average molecular weight is 201 g/mol. The van der Waals surface area contributed by atoms with E-state index in [-0.39, 0.29) is 6.61 Å². The van der Waals surface area contributed by atoms with Crippen molar-refractivity contribution in [3.8, 4) is 11.5 Å². The van der Waals surface area contributed by atoms with Crippen LogP contribution in [0.15, 0.2) is 18.2 Å². The lowest BCUT2D eigenvalue weighted by atomic mass is 10.3. The van der Waals surface area contributed by atoms with Crippen LogP contribution >= 0.6 is 11.6 Å². The fraction of sp³-hybridized carbons (Fsp3) is 0.333. The first-order valence-corrected chi connectivity index (χ1v) is 4.29. The van der Waals surface area contributed by atoms with Crippen molar-refractivity contribution in [2.24, 2.45) is 0 Å². The molecule has 3 nitrogen and oxygen atoms in total. The zero-order valence-corrected chi connectivity index (χ0v) is 7.84. The maximum absolute atomic E-state index is 8.98. The van der Waals surface area contributed by atoms with Gasteiger partial charge in [-0.25, -0.2) is 0 Å². The fourth-order valence-corrected chi connectivity index (χ4v) is 1.36. The third kappa shape index (κ3) is 1.45. The normalized spacial score (nSPS) is 24.8. The molecule has 1 aromatic carbocycles. The van der Waals surface area contributed by atoms with Crippen LogP contribution in [0.3, 0.4) is 0 Å². The second kappa shape index (κ2) is 2.79. The van der Waals surface area contributed by atoms with Gasteiger partial charge in [-0.05, 0) is 12.1 Å². The number of aliphatic hydroxyl groups is 1. The molecule has 0 saturated heterocycles. The summed E-state index contributed by atoms with van der Waals surface area (Å²) in [5.41, 5.74) is 0. The Kier molecular flexibility index (Phi) is 1.86. The standard InChI is InChI=1S/C9H9ClO3/c1-9(5-11)12-7-3-2-6(10)4-8(7)13-9/h2-4,11H,5H2,1H3. The zero-order valence-electron chi connectivity index (χ0n) is 7.08. The molecule has 0 spiro atoms. The molecule has 0 aromatic heterocycles. The molecule has 0 aliphatic carbocycles. The first kappa shape index (κ1) is 8.66. The average Bonchev–Trinajstić information content (AvgIpc) is 2.42. The molecule has 0 fully saturated rings. The van der Waals surface area contributed by atoms with E-state index in [4.69, 9.17) is 26.2 Å². The number of halogens is 1. The van der Waals surface area contributed by atoms with E-state index in [1.54, 1.807) is 25.1 Å². The van der Waals surface area contributed by atoms with E-state index in [1.807, 2.05) is 0 Å². The zero-order chi connectivity index (χ0) is 9.47. The van der Waals surface area contributed by atoms with Crippen molar-refractivity contribution in [1.82, 2.24) is 0 Å². The van der Waals surface area contributed by atoms with Gasteiger partial charge in [-0.15, -0.1) is 0 Å². The number of hydrogen-bond acceptors (Lipinski definition) is 3. The van der Waals surface area contributed by atoms with Crippen LogP contribution in [-0.4, -0.2) is 17.5 Å². The van der Waals surface area contributed by atoms with Gasteiger partial charge in [0.1, 0.15) is 6.61 Å². The highest BCUT2D eigenvalue weighted by Crippen LogP contribution is 2.40. The first-order valence-electron chi connectivity index (χ1n) is 3.91. The summed E-state index contributed by atoms with van der Waals surface area (Å²) in [6, 6.07) is 5.10. The molecule has 1 unspecified atom stereocenters. The van der Waals surface area contributed by atoms with Crippen molar-refractivity contribution < 1.29 is 14.6 Å². The summed E-state index contributed by atoms with van der Waals surface area (Å²) in [4.78, 5) is 0. The molecule has 0 amide bonds. The predicted molar refractivity (Wildman–Crippen MR) is 48.2 cm³/mol. The van der Waals surface area contributed by atoms with E-state index in [9.17, 15) is 0 Å². The van der Waals surface area contributed by atoms with Crippen LogP contribution in [0, 0.1) is 0 Å². The molecule has 13 heavy (non-hydrogen) atoms. The minimum Gasteiger partial charge on any atom is -0.446 e. The van der Waals surface area contributed by atoms with Crippen LogP contribution in [0.2, 0.25) is 5.02 Å². The quantitative estimate of drug-likeness (QED) is 0.752. The maximum Gasteiger partial charge on any atom is 0.271 e. The Hall–Kier alpha value is -0.930. The molecule has 1 atom stereocenters. The van der Waals surface area contributed by atoms with Gasteiger partial charge in [0, 0.05) is 18.0 Å². The summed E-state index contributed by atoms with van der Waals surface area (Å²) in [7, 11) is 0. The largest absolute Gasteiger partial charge is 0.446 e. The molecule has 1 aliphatic rings. The number of fused-ring (bicyclic) bond motifs is 1. The van der Waals surface area contributed by atoms with E-state index >= 15 is 0 Å². The number of hydrogen-bond donors (Lipinski definition) is 1. The van der Waals surface area contributed by atoms with Crippen molar-refractivity contribution in [3.63, 3.8) is 0 Å². The van der Waals surface area contributed by atoms with Crippen LogP contribution in [0.25, 0.3) is 0 Å².